The molecule has 1 amide bonds. The van der Waals surface area contributed by atoms with Crippen molar-refractivity contribution in [1.82, 2.24) is 4.90 Å². The van der Waals surface area contributed by atoms with Crippen LogP contribution in [0.4, 0.5) is 5.69 Å². The summed E-state index contributed by atoms with van der Waals surface area (Å²) in [6, 6.07) is 7.71. The zero-order valence-corrected chi connectivity index (χ0v) is 10.0. The van der Waals surface area contributed by atoms with Gasteiger partial charge < -0.3 is 10.4 Å². The number of aliphatic hydroxyl groups excluding tert-OH is 1. The number of aliphatic hydroxyl groups is 1. The lowest BCUT2D eigenvalue weighted by Crippen LogP contribution is -2.32. The fourth-order valence-corrected chi connectivity index (χ4v) is 2.06. The van der Waals surface area contributed by atoms with E-state index in [1.165, 1.54) is 0 Å². The molecule has 4 nitrogen and oxygen atoms in total. The molecule has 1 saturated heterocycles. The number of nitrogens with one attached hydrogen (secondary N) is 1. The molecule has 2 N–H and O–H groups in total. The molecule has 0 saturated carbocycles. The van der Waals surface area contributed by atoms with Gasteiger partial charge in [-0.05, 0) is 25.0 Å². The summed E-state index contributed by atoms with van der Waals surface area (Å²) < 4.78 is 0. The van der Waals surface area contributed by atoms with Crippen LogP contribution in [0.2, 0.25) is 0 Å². The van der Waals surface area contributed by atoms with Crippen LogP contribution < -0.4 is 5.32 Å². The number of amides is 1. The van der Waals surface area contributed by atoms with Crippen LogP contribution in [0.3, 0.4) is 0 Å². The van der Waals surface area contributed by atoms with Crippen molar-refractivity contribution < 1.29 is 9.90 Å². The third-order valence-electron chi connectivity index (χ3n) is 3.03. The Morgan fingerprint density at radius 2 is 2.29 bits per heavy atom. The first kappa shape index (κ1) is 12.1. The molecule has 1 aliphatic rings. The predicted octanol–water partition coefficient (Wildman–Crippen LogP) is 1.00. The van der Waals surface area contributed by atoms with E-state index in [0.29, 0.717) is 13.1 Å². The molecule has 0 unspecified atom stereocenters. The first-order valence-electron chi connectivity index (χ1n) is 5.91. The third kappa shape index (κ3) is 3.28. The number of hydrogen-bond acceptors (Lipinski definition) is 3. The van der Waals surface area contributed by atoms with E-state index in [1.807, 2.05) is 36.1 Å². The highest BCUT2D eigenvalue weighted by Gasteiger charge is 2.21. The molecular weight excluding hydrogens is 216 g/mol. The number of benzene rings is 1. The fraction of sp³-hybridized carbons (Fsp3) is 0.462. The van der Waals surface area contributed by atoms with Crippen molar-refractivity contribution >= 4 is 11.6 Å². The average molecular weight is 234 g/mol. The maximum absolute atomic E-state index is 11.8. The van der Waals surface area contributed by atoms with Crippen LogP contribution in [0.1, 0.15) is 12.0 Å². The molecule has 1 fully saturated rings. The molecule has 1 aromatic rings. The second kappa shape index (κ2) is 5.29. The van der Waals surface area contributed by atoms with Gasteiger partial charge in [-0.1, -0.05) is 18.2 Å². The zero-order chi connectivity index (χ0) is 12.3. The van der Waals surface area contributed by atoms with Gasteiger partial charge in [0.05, 0.1) is 12.6 Å². The van der Waals surface area contributed by atoms with Crippen LogP contribution in [-0.4, -0.2) is 41.7 Å². The van der Waals surface area contributed by atoms with Crippen molar-refractivity contribution in [2.45, 2.75) is 19.4 Å². The minimum Gasteiger partial charge on any atom is -0.392 e. The summed E-state index contributed by atoms with van der Waals surface area (Å²) in [7, 11) is 0. The van der Waals surface area contributed by atoms with Gasteiger partial charge in [-0.3, -0.25) is 9.69 Å². The highest BCUT2D eigenvalue weighted by molar-refractivity contribution is 5.92. The topological polar surface area (TPSA) is 52.6 Å². The van der Waals surface area contributed by atoms with Gasteiger partial charge in [-0.2, -0.15) is 0 Å². The van der Waals surface area contributed by atoms with Crippen molar-refractivity contribution in [1.29, 1.82) is 0 Å². The van der Waals surface area contributed by atoms with E-state index in [4.69, 9.17) is 0 Å². The van der Waals surface area contributed by atoms with Crippen molar-refractivity contribution in [3.8, 4) is 0 Å². The smallest absolute Gasteiger partial charge is 0.238 e. The molecule has 4 heteroatoms. The van der Waals surface area contributed by atoms with Gasteiger partial charge in [-0.15, -0.1) is 0 Å². The number of likely N-dealkylation sites (tertiary alicyclic amines) is 1. The van der Waals surface area contributed by atoms with Crippen molar-refractivity contribution in [3.05, 3.63) is 29.8 Å². The summed E-state index contributed by atoms with van der Waals surface area (Å²) >= 11 is 0. The first-order valence-corrected chi connectivity index (χ1v) is 5.91. The molecule has 0 aliphatic carbocycles. The summed E-state index contributed by atoms with van der Waals surface area (Å²) in [6.07, 6.45) is 0.485. The Hall–Kier alpha value is -1.39. The maximum Gasteiger partial charge on any atom is 0.238 e. The van der Waals surface area contributed by atoms with Crippen molar-refractivity contribution in [3.63, 3.8) is 0 Å². The highest BCUT2D eigenvalue weighted by atomic mass is 16.3. The lowest BCUT2D eigenvalue weighted by atomic mass is 10.2. The van der Waals surface area contributed by atoms with Gasteiger partial charge in [0, 0.05) is 18.8 Å². The number of anilines is 1. The highest BCUT2D eigenvalue weighted by Crippen LogP contribution is 2.13. The molecule has 0 bridgehead atoms. The molecule has 2 rings (SSSR count). The third-order valence-corrected chi connectivity index (χ3v) is 3.03. The van der Waals surface area contributed by atoms with Gasteiger partial charge in [0.25, 0.3) is 0 Å². The SMILES string of the molecule is Cc1ccccc1NC(=O)CN1CC[C@H](O)C1. The van der Waals surface area contributed by atoms with Crippen molar-refractivity contribution in [2.24, 2.45) is 0 Å². The normalized spacial score (nSPS) is 20.5. The lowest BCUT2D eigenvalue weighted by molar-refractivity contribution is -0.117. The number of aryl methyl sites for hydroxylation is 1. The Labute approximate surface area is 101 Å². The largest absolute Gasteiger partial charge is 0.392 e. The number of nitrogens with zero attached hydrogens (tertiary/aromatic N) is 1. The summed E-state index contributed by atoms with van der Waals surface area (Å²) in [5.74, 6) is -0.0200. The van der Waals surface area contributed by atoms with Gasteiger partial charge in [0.1, 0.15) is 0 Å². The molecule has 1 heterocycles. The number of β-amino-alcohol motifs (C(OH)–C–C–N with tert-alkyl or cyclic N) is 1. The monoisotopic (exact) mass is 234 g/mol. The standard InChI is InChI=1S/C13H18N2O2/c1-10-4-2-3-5-12(10)14-13(17)9-15-7-6-11(16)8-15/h2-5,11,16H,6-9H2,1H3,(H,14,17)/t11-/m0/s1. The van der Waals surface area contributed by atoms with Crippen LogP contribution in [0.25, 0.3) is 0 Å². The molecule has 17 heavy (non-hydrogen) atoms. The summed E-state index contributed by atoms with van der Waals surface area (Å²) in [6.45, 7) is 3.71. The minimum atomic E-state index is -0.277. The van der Waals surface area contributed by atoms with Crippen LogP contribution in [0, 0.1) is 6.92 Å². The van der Waals surface area contributed by atoms with E-state index in [2.05, 4.69) is 5.32 Å². The second-order valence-electron chi connectivity index (χ2n) is 4.54. The predicted molar refractivity (Wildman–Crippen MR) is 66.9 cm³/mol. The molecule has 1 atom stereocenters. The van der Waals surface area contributed by atoms with Crippen LogP contribution in [0.15, 0.2) is 24.3 Å². The lowest BCUT2D eigenvalue weighted by Gasteiger charge is -2.15. The number of carbonyl (C=O) groups is 1. The van der Waals surface area contributed by atoms with Gasteiger partial charge in [-0.25, -0.2) is 0 Å². The Morgan fingerprint density at radius 1 is 1.53 bits per heavy atom. The fourth-order valence-electron chi connectivity index (χ4n) is 2.06. The Kier molecular flexibility index (Phi) is 3.76. The second-order valence-corrected chi connectivity index (χ2v) is 4.54. The summed E-state index contributed by atoms with van der Waals surface area (Å²) in [4.78, 5) is 13.8. The van der Waals surface area contributed by atoms with Gasteiger partial charge in [0.15, 0.2) is 0 Å². The molecule has 1 aliphatic heterocycles. The molecule has 0 aromatic heterocycles. The first-order chi connectivity index (χ1) is 8.15. The molecule has 92 valence electrons. The zero-order valence-electron chi connectivity index (χ0n) is 10.0. The average Bonchev–Trinajstić information content (AvgIpc) is 2.67. The number of hydrogen-bond donors (Lipinski definition) is 2. The van der Waals surface area contributed by atoms with E-state index in [9.17, 15) is 9.90 Å². The summed E-state index contributed by atoms with van der Waals surface area (Å²) in [5.41, 5.74) is 1.92. The molecule has 0 radical (unpaired) electrons. The van der Waals surface area contributed by atoms with Crippen LogP contribution in [0.5, 0.6) is 0 Å². The van der Waals surface area contributed by atoms with Gasteiger partial charge in [0.2, 0.25) is 5.91 Å². The van der Waals surface area contributed by atoms with Crippen LogP contribution in [-0.2, 0) is 4.79 Å². The number of carbonyl (C=O) groups excluding carboxylic acids is 1. The number of rotatable bonds is 3. The molecule has 1 aromatic carbocycles. The van der Waals surface area contributed by atoms with E-state index in [0.717, 1.165) is 24.2 Å². The van der Waals surface area contributed by atoms with E-state index < -0.39 is 0 Å². The van der Waals surface area contributed by atoms with E-state index in [1.54, 1.807) is 0 Å². The number of para-hydroxylation sites is 1. The Morgan fingerprint density at radius 3 is 2.94 bits per heavy atom. The Bertz CT molecular complexity index is 406. The molecule has 0 spiro atoms. The quantitative estimate of drug-likeness (QED) is 0.820. The van der Waals surface area contributed by atoms with Crippen molar-refractivity contribution in [2.75, 3.05) is 25.0 Å². The minimum absolute atomic E-state index is 0.0200. The van der Waals surface area contributed by atoms with Gasteiger partial charge >= 0.3 is 0 Å². The molecular formula is C13H18N2O2. The van der Waals surface area contributed by atoms with E-state index in [-0.39, 0.29) is 12.0 Å². The summed E-state index contributed by atoms with van der Waals surface area (Å²) in [5, 5.41) is 12.3. The maximum atomic E-state index is 11.8. The Balaban J connectivity index is 1.87. The van der Waals surface area contributed by atoms with E-state index >= 15 is 0 Å². The van der Waals surface area contributed by atoms with Crippen LogP contribution >= 0.6 is 0 Å².